The molecule has 1 aliphatic heterocycles. The van der Waals surface area contributed by atoms with Gasteiger partial charge in [-0.15, -0.1) is 5.10 Å². The molecule has 0 saturated carbocycles. The highest BCUT2D eigenvalue weighted by molar-refractivity contribution is 6.30. The molecule has 1 saturated heterocycles. The number of carbonyl (C=O) groups excluding carboxylic acids is 1. The molecule has 8 nitrogen and oxygen atoms in total. The van der Waals surface area contributed by atoms with Crippen molar-refractivity contribution >= 4 is 45.8 Å². The molecule has 0 radical (unpaired) electrons. The minimum atomic E-state index is -0.177. The number of aromatic nitrogens is 5. The van der Waals surface area contributed by atoms with Gasteiger partial charge in [-0.2, -0.15) is 4.52 Å². The van der Waals surface area contributed by atoms with Crippen LogP contribution < -0.4 is 10.2 Å². The number of piperidine rings is 1. The number of nitrogens with one attached hydrogen (secondary N) is 1. The minimum Gasteiger partial charge on any atom is -0.340 e. The van der Waals surface area contributed by atoms with E-state index in [0.29, 0.717) is 29.2 Å². The Labute approximate surface area is 177 Å². The lowest BCUT2D eigenvalue weighted by atomic mass is 9.97. The van der Waals surface area contributed by atoms with Gasteiger partial charge in [0.2, 0.25) is 11.9 Å². The maximum Gasteiger partial charge on any atom is 0.230 e. The number of halogens is 1. The van der Waals surface area contributed by atoms with Crippen LogP contribution in [-0.4, -0.2) is 43.6 Å². The molecule has 4 heterocycles. The summed E-state index contributed by atoms with van der Waals surface area (Å²) in [6.45, 7) is 3.23. The van der Waals surface area contributed by atoms with Crippen LogP contribution in [0.2, 0.25) is 5.02 Å². The molecule has 1 N–H and O–H groups in total. The molecule has 5 rings (SSSR count). The van der Waals surface area contributed by atoms with Crippen LogP contribution in [0.15, 0.2) is 42.6 Å². The van der Waals surface area contributed by atoms with Crippen LogP contribution in [0.4, 0.5) is 11.8 Å². The van der Waals surface area contributed by atoms with Crippen molar-refractivity contribution in [2.24, 2.45) is 5.92 Å². The number of carbonyl (C=O) groups is 1. The molecule has 9 heteroatoms. The first kappa shape index (κ1) is 18.7. The topological polar surface area (TPSA) is 88.3 Å². The van der Waals surface area contributed by atoms with Gasteiger partial charge in [0.05, 0.1) is 16.5 Å². The molecule has 1 aromatic carbocycles. The van der Waals surface area contributed by atoms with Crippen LogP contribution >= 0.6 is 11.6 Å². The van der Waals surface area contributed by atoms with Crippen molar-refractivity contribution in [1.82, 2.24) is 24.6 Å². The highest BCUT2D eigenvalue weighted by Crippen LogP contribution is 2.27. The molecule has 1 amide bonds. The average molecular weight is 422 g/mol. The van der Waals surface area contributed by atoms with Crippen molar-refractivity contribution in [2.45, 2.75) is 19.8 Å². The van der Waals surface area contributed by atoms with Crippen LogP contribution in [0.5, 0.6) is 0 Å². The van der Waals surface area contributed by atoms with E-state index in [4.69, 9.17) is 16.6 Å². The first-order valence-corrected chi connectivity index (χ1v) is 10.3. The van der Waals surface area contributed by atoms with Gasteiger partial charge in [0, 0.05) is 24.7 Å². The second kappa shape index (κ2) is 7.53. The number of hydrogen-bond acceptors (Lipinski definition) is 6. The summed E-state index contributed by atoms with van der Waals surface area (Å²) in [7, 11) is 0. The third-order valence-electron chi connectivity index (χ3n) is 5.32. The lowest BCUT2D eigenvalue weighted by Crippen LogP contribution is -2.42. The van der Waals surface area contributed by atoms with Gasteiger partial charge in [-0.3, -0.25) is 4.79 Å². The van der Waals surface area contributed by atoms with Crippen molar-refractivity contribution in [2.75, 3.05) is 23.3 Å². The van der Waals surface area contributed by atoms with Crippen LogP contribution in [0.3, 0.4) is 0 Å². The highest BCUT2D eigenvalue weighted by atomic mass is 35.5. The molecule has 0 bridgehead atoms. The summed E-state index contributed by atoms with van der Waals surface area (Å²) in [4.78, 5) is 28.6. The molecular formula is C21H20ClN7O. The Bertz CT molecular complexity index is 1240. The predicted molar refractivity (Wildman–Crippen MR) is 116 cm³/mol. The minimum absolute atomic E-state index is 0.0543. The van der Waals surface area contributed by atoms with Gasteiger partial charge in [0.1, 0.15) is 11.6 Å². The summed E-state index contributed by atoms with van der Waals surface area (Å²) in [6, 6.07) is 11.3. The summed E-state index contributed by atoms with van der Waals surface area (Å²) >= 11 is 5.87. The van der Waals surface area contributed by atoms with Gasteiger partial charge in [-0.1, -0.05) is 23.7 Å². The van der Waals surface area contributed by atoms with E-state index in [0.717, 1.165) is 35.9 Å². The zero-order valence-corrected chi connectivity index (χ0v) is 17.2. The van der Waals surface area contributed by atoms with Gasteiger partial charge < -0.3 is 10.2 Å². The molecule has 1 atom stereocenters. The number of anilines is 2. The van der Waals surface area contributed by atoms with Gasteiger partial charge in [-0.25, -0.2) is 15.0 Å². The van der Waals surface area contributed by atoms with Gasteiger partial charge in [-0.05, 0) is 44.0 Å². The number of rotatable bonds is 3. The number of hydrogen-bond donors (Lipinski definition) is 1. The van der Waals surface area contributed by atoms with Crippen molar-refractivity contribution in [3.8, 4) is 0 Å². The van der Waals surface area contributed by atoms with Gasteiger partial charge >= 0.3 is 0 Å². The predicted octanol–water partition coefficient (Wildman–Crippen LogP) is 3.49. The summed E-state index contributed by atoms with van der Waals surface area (Å²) in [6.07, 6.45) is 3.21. The fourth-order valence-electron chi connectivity index (χ4n) is 3.90. The zero-order valence-electron chi connectivity index (χ0n) is 16.4. The van der Waals surface area contributed by atoms with E-state index >= 15 is 0 Å². The smallest absolute Gasteiger partial charge is 0.230 e. The van der Waals surface area contributed by atoms with E-state index in [1.165, 1.54) is 6.20 Å². The monoisotopic (exact) mass is 421 g/mol. The molecule has 1 aliphatic rings. The first-order valence-electron chi connectivity index (χ1n) is 9.88. The van der Waals surface area contributed by atoms with Crippen molar-refractivity contribution in [3.63, 3.8) is 0 Å². The number of nitrogens with zero attached hydrogens (tertiary/aromatic N) is 6. The Hall–Kier alpha value is -3.26. The molecular weight excluding hydrogens is 402 g/mol. The Morgan fingerprint density at radius 2 is 2.07 bits per heavy atom. The van der Waals surface area contributed by atoms with Crippen molar-refractivity contribution in [3.05, 3.63) is 53.4 Å². The molecule has 1 fully saturated rings. The number of para-hydroxylation sites is 1. The standard InChI is InChI=1S/C21H20ClN7O/c1-13-24-19-16-6-2-3-7-17(16)25-21(29(19)27-13)28-10-4-5-14(12-28)20(30)26-18-9-8-15(22)11-23-18/h2-3,6-9,11,14H,4-5,10,12H2,1H3,(H,23,26,30). The Balaban J connectivity index is 1.44. The summed E-state index contributed by atoms with van der Waals surface area (Å²) < 4.78 is 1.79. The number of aryl methyl sites for hydroxylation is 1. The zero-order chi connectivity index (χ0) is 20.7. The quantitative estimate of drug-likeness (QED) is 0.544. The summed E-state index contributed by atoms with van der Waals surface area (Å²) in [5.41, 5.74) is 1.65. The molecule has 30 heavy (non-hydrogen) atoms. The maximum atomic E-state index is 12.8. The van der Waals surface area contributed by atoms with Crippen LogP contribution in [0, 0.1) is 12.8 Å². The summed E-state index contributed by atoms with van der Waals surface area (Å²) in [5, 5.41) is 8.95. The molecule has 4 aromatic rings. The van der Waals surface area contributed by atoms with Gasteiger partial charge in [0.25, 0.3) is 0 Å². The summed E-state index contributed by atoms with van der Waals surface area (Å²) in [5.74, 6) is 1.67. The Morgan fingerprint density at radius 1 is 1.20 bits per heavy atom. The second-order valence-electron chi connectivity index (χ2n) is 7.46. The Kier molecular flexibility index (Phi) is 4.71. The van der Waals surface area contributed by atoms with Crippen LogP contribution in [-0.2, 0) is 4.79 Å². The first-order chi connectivity index (χ1) is 14.6. The third kappa shape index (κ3) is 3.43. The van der Waals surface area contributed by atoms with E-state index < -0.39 is 0 Å². The van der Waals surface area contributed by atoms with E-state index in [1.807, 2.05) is 31.2 Å². The molecule has 152 valence electrons. The normalized spacial score (nSPS) is 16.9. The van der Waals surface area contributed by atoms with Crippen LogP contribution in [0.25, 0.3) is 16.6 Å². The average Bonchev–Trinajstić information content (AvgIpc) is 3.16. The third-order valence-corrected chi connectivity index (χ3v) is 5.55. The van der Waals surface area contributed by atoms with Crippen molar-refractivity contribution < 1.29 is 4.79 Å². The second-order valence-corrected chi connectivity index (χ2v) is 7.90. The molecule has 1 unspecified atom stereocenters. The van der Waals surface area contributed by atoms with E-state index in [9.17, 15) is 4.79 Å². The van der Waals surface area contributed by atoms with E-state index in [-0.39, 0.29) is 11.8 Å². The number of amides is 1. The lowest BCUT2D eigenvalue weighted by molar-refractivity contribution is -0.120. The number of fused-ring (bicyclic) bond motifs is 3. The number of benzene rings is 1. The van der Waals surface area contributed by atoms with E-state index in [2.05, 4.69) is 25.3 Å². The van der Waals surface area contributed by atoms with Crippen molar-refractivity contribution in [1.29, 1.82) is 0 Å². The van der Waals surface area contributed by atoms with Crippen LogP contribution in [0.1, 0.15) is 18.7 Å². The number of pyridine rings is 1. The fourth-order valence-corrected chi connectivity index (χ4v) is 4.01. The maximum absolute atomic E-state index is 12.8. The largest absolute Gasteiger partial charge is 0.340 e. The van der Waals surface area contributed by atoms with E-state index in [1.54, 1.807) is 16.6 Å². The highest BCUT2D eigenvalue weighted by Gasteiger charge is 2.29. The Morgan fingerprint density at radius 3 is 2.90 bits per heavy atom. The fraction of sp³-hybridized carbons (Fsp3) is 0.286. The SMILES string of the molecule is Cc1nc2c3ccccc3nc(N3CCCC(C(=O)Nc4ccc(Cl)cn4)C3)n2n1. The molecule has 0 aliphatic carbocycles. The lowest BCUT2D eigenvalue weighted by Gasteiger charge is -2.32. The molecule has 3 aromatic heterocycles. The molecule has 0 spiro atoms. The van der Waals surface area contributed by atoms with Gasteiger partial charge in [0.15, 0.2) is 5.65 Å².